The fourth-order valence-corrected chi connectivity index (χ4v) is 2.15. The minimum atomic E-state index is -0.297. The standard InChI is InChI=1S/C16H22O5/c1-12(17)20-10-8-14(9-11-21-13(2)18)15-6-4-5-7-16(15)19-3/h4-7,14H,8-11H2,1-3H3. The second-order valence-electron chi connectivity index (χ2n) is 4.70. The van der Waals surface area contributed by atoms with E-state index >= 15 is 0 Å². The molecule has 0 aliphatic carbocycles. The Bertz CT molecular complexity index is 449. The first-order valence-electron chi connectivity index (χ1n) is 6.94. The molecule has 0 amide bonds. The number of benzene rings is 1. The molecule has 1 aromatic carbocycles. The number of para-hydroxylation sites is 1. The first-order valence-corrected chi connectivity index (χ1v) is 6.94. The Morgan fingerprint density at radius 3 is 2.00 bits per heavy atom. The molecule has 0 radical (unpaired) electrons. The third-order valence-corrected chi connectivity index (χ3v) is 3.12. The molecule has 0 aliphatic heterocycles. The number of carbonyl (C=O) groups excluding carboxylic acids is 2. The topological polar surface area (TPSA) is 61.8 Å². The van der Waals surface area contributed by atoms with Crippen molar-refractivity contribution >= 4 is 11.9 Å². The van der Waals surface area contributed by atoms with Crippen LogP contribution in [0.5, 0.6) is 5.75 Å². The van der Waals surface area contributed by atoms with Crippen molar-refractivity contribution in [3.05, 3.63) is 29.8 Å². The zero-order chi connectivity index (χ0) is 15.7. The Kier molecular flexibility index (Phi) is 7.29. The minimum absolute atomic E-state index is 0.0971. The van der Waals surface area contributed by atoms with E-state index in [4.69, 9.17) is 14.2 Å². The minimum Gasteiger partial charge on any atom is -0.496 e. The van der Waals surface area contributed by atoms with Crippen molar-refractivity contribution in [2.45, 2.75) is 32.6 Å². The van der Waals surface area contributed by atoms with Crippen LogP contribution >= 0.6 is 0 Å². The maximum absolute atomic E-state index is 10.9. The first-order chi connectivity index (χ1) is 10.0. The largest absolute Gasteiger partial charge is 0.496 e. The second-order valence-corrected chi connectivity index (χ2v) is 4.70. The van der Waals surface area contributed by atoms with Gasteiger partial charge < -0.3 is 14.2 Å². The number of hydrogen-bond acceptors (Lipinski definition) is 5. The summed E-state index contributed by atoms with van der Waals surface area (Å²) in [5.74, 6) is 0.288. The molecule has 5 heteroatoms. The Morgan fingerprint density at radius 2 is 1.52 bits per heavy atom. The molecule has 116 valence electrons. The third-order valence-electron chi connectivity index (χ3n) is 3.12. The fraction of sp³-hybridized carbons (Fsp3) is 0.500. The summed E-state index contributed by atoms with van der Waals surface area (Å²) in [5.41, 5.74) is 1.03. The number of ether oxygens (including phenoxy) is 3. The van der Waals surface area contributed by atoms with E-state index in [-0.39, 0.29) is 17.9 Å². The molecule has 0 atom stereocenters. The van der Waals surface area contributed by atoms with Crippen LogP contribution in [0.25, 0.3) is 0 Å². The van der Waals surface area contributed by atoms with Crippen molar-refractivity contribution < 1.29 is 23.8 Å². The van der Waals surface area contributed by atoms with Crippen LogP contribution in [-0.2, 0) is 19.1 Å². The van der Waals surface area contributed by atoms with E-state index in [0.717, 1.165) is 11.3 Å². The van der Waals surface area contributed by atoms with Crippen LogP contribution in [0.15, 0.2) is 24.3 Å². The van der Waals surface area contributed by atoms with E-state index in [1.54, 1.807) is 7.11 Å². The molecular weight excluding hydrogens is 272 g/mol. The molecule has 0 unspecified atom stereocenters. The average Bonchev–Trinajstić information content (AvgIpc) is 2.45. The summed E-state index contributed by atoms with van der Waals surface area (Å²) in [5, 5.41) is 0. The molecule has 21 heavy (non-hydrogen) atoms. The van der Waals surface area contributed by atoms with Crippen LogP contribution in [-0.4, -0.2) is 32.3 Å². The molecule has 0 bridgehead atoms. The Labute approximate surface area is 125 Å². The van der Waals surface area contributed by atoms with Crippen LogP contribution in [0.2, 0.25) is 0 Å². The lowest BCUT2D eigenvalue weighted by atomic mass is 9.92. The van der Waals surface area contributed by atoms with Crippen LogP contribution < -0.4 is 4.74 Å². The van der Waals surface area contributed by atoms with Gasteiger partial charge in [0.25, 0.3) is 0 Å². The first kappa shape index (κ1) is 17.0. The van der Waals surface area contributed by atoms with Gasteiger partial charge in [-0.1, -0.05) is 18.2 Å². The van der Waals surface area contributed by atoms with Gasteiger partial charge in [0.2, 0.25) is 0 Å². The van der Waals surface area contributed by atoms with Gasteiger partial charge in [-0.15, -0.1) is 0 Å². The molecule has 0 fully saturated rings. The van der Waals surface area contributed by atoms with Gasteiger partial charge in [-0.05, 0) is 30.4 Å². The van der Waals surface area contributed by atoms with Crippen molar-refractivity contribution in [1.29, 1.82) is 0 Å². The van der Waals surface area contributed by atoms with Gasteiger partial charge >= 0.3 is 11.9 Å². The summed E-state index contributed by atoms with van der Waals surface area (Å²) in [6, 6.07) is 7.70. The van der Waals surface area contributed by atoms with Crippen molar-refractivity contribution in [3.63, 3.8) is 0 Å². The Hall–Kier alpha value is -2.04. The van der Waals surface area contributed by atoms with Crippen LogP contribution in [0, 0.1) is 0 Å². The normalized spacial score (nSPS) is 10.3. The van der Waals surface area contributed by atoms with Crippen molar-refractivity contribution in [2.24, 2.45) is 0 Å². The molecular formula is C16H22O5. The van der Waals surface area contributed by atoms with Gasteiger partial charge in [-0.3, -0.25) is 9.59 Å². The summed E-state index contributed by atoms with van der Waals surface area (Å²) >= 11 is 0. The molecule has 1 rings (SSSR count). The highest BCUT2D eigenvalue weighted by molar-refractivity contribution is 5.66. The summed E-state index contributed by atoms with van der Waals surface area (Å²) in [4.78, 5) is 21.7. The van der Waals surface area contributed by atoms with E-state index in [9.17, 15) is 9.59 Å². The van der Waals surface area contributed by atoms with E-state index in [1.807, 2.05) is 24.3 Å². The molecule has 1 aromatic rings. The molecule has 5 nitrogen and oxygen atoms in total. The summed E-state index contributed by atoms with van der Waals surface area (Å²) in [7, 11) is 1.62. The van der Waals surface area contributed by atoms with Gasteiger partial charge in [0.05, 0.1) is 20.3 Å². The van der Waals surface area contributed by atoms with Crippen molar-refractivity contribution in [2.75, 3.05) is 20.3 Å². The van der Waals surface area contributed by atoms with Crippen LogP contribution in [0.3, 0.4) is 0 Å². The summed E-state index contributed by atoms with van der Waals surface area (Å²) in [6.07, 6.45) is 1.31. The zero-order valence-electron chi connectivity index (χ0n) is 12.8. The van der Waals surface area contributed by atoms with E-state index < -0.39 is 0 Å². The van der Waals surface area contributed by atoms with Crippen molar-refractivity contribution in [3.8, 4) is 5.75 Å². The summed E-state index contributed by atoms with van der Waals surface area (Å²) in [6.45, 7) is 3.43. The lowest BCUT2D eigenvalue weighted by Gasteiger charge is -2.19. The Morgan fingerprint density at radius 1 is 1.00 bits per heavy atom. The highest BCUT2D eigenvalue weighted by Crippen LogP contribution is 2.31. The van der Waals surface area contributed by atoms with E-state index in [0.29, 0.717) is 26.1 Å². The van der Waals surface area contributed by atoms with E-state index in [1.165, 1.54) is 13.8 Å². The molecule has 0 saturated heterocycles. The predicted molar refractivity (Wildman–Crippen MR) is 78.2 cm³/mol. The molecule has 0 N–H and O–H groups in total. The average molecular weight is 294 g/mol. The van der Waals surface area contributed by atoms with Crippen LogP contribution in [0.1, 0.15) is 38.2 Å². The molecule has 0 spiro atoms. The van der Waals surface area contributed by atoms with Gasteiger partial charge in [0, 0.05) is 13.8 Å². The highest BCUT2D eigenvalue weighted by atomic mass is 16.5. The maximum Gasteiger partial charge on any atom is 0.302 e. The quantitative estimate of drug-likeness (QED) is 0.690. The SMILES string of the molecule is COc1ccccc1C(CCOC(C)=O)CCOC(C)=O. The van der Waals surface area contributed by atoms with Gasteiger partial charge in [0.1, 0.15) is 5.75 Å². The molecule has 0 aliphatic rings. The number of rotatable bonds is 8. The van der Waals surface area contributed by atoms with Gasteiger partial charge in [-0.25, -0.2) is 0 Å². The summed E-state index contributed by atoms with van der Waals surface area (Å²) < 4.78 is 15.4. The molecule has 0 heterocycles. The third kappa shape index (κ3) is 6.29. The maximum atomic E-state index is 10.9. The second kappa shape index (κ2) is 9.00. The van der Waals surface area contributed by atoms with Crippen LogP contribution in [0.4, 0.5) is 0 Å². The molecule has 0 saturated carbocycles. The fourth-order valence-electron chi connectivity index (χ4n) is 2.15. The zero-order valence-corrected chi connectivity index (χ0v) is 12.8. The van der Waals surface area contributed by atoms with Gasteiger partial charge in [-0.2, -0.15) is 0 Å². The van der Waals surface area contributed by atoms with Crippen molar-refractivity contribution in [1.82, 2.24) is 0 Å². The Balaban J connectivity index is 2.73. The molecule has 0 aromatic heterocycles. The number of hydrogen-bond donors (Lipinski definition) is 0. The number of esters is 2. The highest BCUT2D eigenvalue weighted by Gasteiger charge is 2.17. The van der Waals surface area contributed by atoms with Gasteiger partial charge in [0.15, 0.2) is 0 Å². The van der Waals surface area contributed by atoms with E-state index in [2.05, 4.69) is 0 Å². The lowest BCUT2D eigenvalue weighted by molar-refractivity contribution is -0.141. The smallest absolute Gasteiger partial charge is 0.302 e. The number of methoxy groups -OCH3 is 1. The predicted octanol–water partition coefficient (Wildman–Crippen LogP) is 2.69. The monoisotopic (exact) mass is 294 g/mol. The lowest BCUT2D eigenvalue weighted by Crippen LogP contribution is -2.11. The number of carbonyl (C=O) groups is 2.